The van der Waals surface area contributed by atoms with Gasteiger partial charge in [-0.15, -0.1) is 0 Å². The molecule has 0 spiro atoms. The molecular weight excluding hydrogens is 496 g/mol. The molecule has 0 bridgehead atoms. The molecule has 0 aliphatic heterocycles. The minimum atomic E-state index is -0.387. The van der Waals surface area contributed by atoms with Gasteiger partial charge >= 0.3 is 0 Å². The van der Waals surface area contributed by atoms with Crippen LogP contribution in [-0.2, 0) is 0 Å². The summed E-state index contributed by atoms with van der Waals surface area (Å²) in [5.41, 5.74) is 6.01. The van der Waals surface area contributed by atoms with Gasteiger partial charge in [0.25, 0.3) is 0 Å². The number of anilines is 2. The minimum absolute atomic E-state index is 0.180. The molecule has 0 aromatic heterocycles. The summed E-state index contributed by atoms with van der Waals surface area (Å²) in [5, 5.41) is 2.40. The Morgan fingerprint density at radius 2 is 1.07 bits per heavy atom. The van der Waals surface area contributed by atoms with E-state index in [4.69, 9.17) is 0 Å². The van der Waals surface area contributed by atoms with Crippen molar-refractivity contribution in [3.63, 3.8) is 0 Å². The predicted molar refractivity (Wildman–Crippen MR) is 164 cm³/mol. The Morgan fingerprint density at radius 3 is 1.77 bits per heavy atom. The van der Waals surface area contributed by atoms with E-state index in [-0.39, 0.29) is 17.7 Å². The Morgan fingerprint density at radius 1 is 0.475 bits per heavy atom. The van der Waals surface area contributed by atoms with Crippen LogP contribution in [0.1, 0.15) is 13.8 Å². The highest BCUT2D eigenvalue weighted by Crippen LogP contribution is 2.40. The summed E-state index contributed by atoms with van der Waals surface area (Å²) in [7, 11) is 0. The quantitative estimate of drug-likeness (QED) is 0.209. The number of hydrogen-bond donors (Lipinski definition) is 0. The highest BCUT2D eigenvalue weighted by atomic mass is 19.1. The van der Waals surface area contributed by atoms with E-state index in [1.807, 2.05) is 68.4 Å². The van der Waals surface area contributed by atoms with E-state index in [9.17, 15) is 0 Å². The number of para-hydroxylation sites is 1. The van der Waals surface area contributed by atoms with Gasteiger partial charge in [0.15, 0.2) is 5.82 Å². The van der Waals surface area contributed by atoms with Gasteiger partial charge in [0.05, 0.1) is 11.4 Å². The summed E-state index contributed by atoms with van der Waals surface area (Å²) in [6.07, 6.45) is 0. The first-order valence-electron chi connectivity index (χ1n) is 13.5. The van der Waals surface area contributed by atoms with Gasteiger partial charge in [-0.3, -0.25) is 0 Å². The van der Waals surface area contributed by atoms with Gasteiger partial charge < -0.3 is 4.90 Å². The molecule has 0 unspecified atom stereocenters. The number of nitrogens with zero attached hydrogens (tertiary/aromatic N) is 1. The first-order valence-corrected chi connectivity index (χ1v) is 13.5. The molecule has 6 rings (SSSR count). The minimum Gasteiger partial charge on any atom is -0.334 e. The Kier molecular flexibility index (Phi) is 6.88. The zero-order valence-electron chi connectivity index (χ0n) is 22.5. The molecule has 0 heterocycles. The fraction of sp³-hybridized carbons (Fsp3) is 0.0811. The normalized spacial score (nSPS) is 11.2. The maximum atomic E-state index is 16.3. The molecule has 0 aliphatic rings. The molecule has 40 heavy (non-hydrogen) atoms. The average molecular weight is 526 g/mol. The SMILES string of the molecule is CC(C)N(c1ccccc1F)c1cc(-c2ccc(-c3ccc4ccccc4c3)cc2)cc(-c2ccccc2)c1F. The smallest absolute Gasteiger partial charge is 0.154 e. The second kappa shape index (κ2) is 10.8. The summed E-state index contributed by atoms with van der Waals surface area (Å²) in [5.74, 6) is -0.762. The number of rotatable bonds is 6. The van der Waals surface area contributed by atoms with Crippen molar-refractivity contribution in [2.75, 3.05) is 4.90 Å². The van der Waals surface area contributed by atoms with Crippen LogP contribution in [0.4, 0.5) is 20.2 Å². The fourth-order valence-electron chi connectivity index (χ4n) is 5.34. The lowest BCUT2D eigenvalue weighted by molar-refractivity contribution is 0.604. The van der Waals surface area contributed by atoms with Crippen LogP contribution in [0.25, 0.3) is 44.2 Å². The van der Waals surface area contributed by atoms with E-state index < -0.39 is 0 Å². The maximum absolute atomic E-state index is 16.3. The zero-order chi connectivity index (χ0) is 27.6. The third-order valence-electron chi connectivity index (χ3n) is 7.33. The van der Waals surface area contributed by atoms with Crippen molar-refractivity contribution in [3.05, 3.63) is 145 Å². The summed E-state index contributed by atoms with van der Waals surface area (Å²) >= 11 is 0. The number of fused-ring (bicyclic) bond motifs is 1. The van der Waals surface area contributed by atoms with Crippen LogP contribution in [0.3, 0.4) is 0 Å². The second-order valence-electron chi connectivity index (χ2n) is 10.3. The molecule has 0 N–H and O–H groups in total. The Bertz CT molecular complexity index is 1790. The van der Waals surface area contributed by atoms with Crippen LogP contribution in [0, 0.1) is 11.6 Å². The van der Waals surface area contributed by atoms with Gasteiger partial charge in [-0.25, -0.2) is 8.78 Å². The number of hydrogen-bond acceptors (Lipinski definition) is 1. The van der Waals surface area contributed by atoms with E-state index >= 15 is 8.78 Å². The van der Waals surface area contributed by atoms with Gasteiger partial charge in [-0.1, -0.05) is 103 Å². The van der Waals surface area contributed by atoms with E-state index in [0.717, 1.165) is 27.8 Å². The van der Waals surface area contributed by atoms with Crippen LogP contribution < -0.4 is 4.90 Å². The van der Waals surface area contributed by atoms with Crippen molar-refractivity contribution in [2.45, 2.75) is 19.9 Å². The Labute approximate surface area is 234 Å². The molecule has 3 heteroatoms. The molecule has 6 aromatic carbocycles. The van der Waals surface area contributed by atoms with Crippen molar-refractivity contribution in [3.8, 4) is 33.4 Å². The van der Waals surface area contributed by atoms with Gasteiger partial charge in [0.2, 0.25) is 0 Å². The third-order valence-corrected chi connectivity index (χ3v) is 7.33. The monoisotopic (exact) mass is 525 g/mol. The molecule has 0 atom stereocenters. The van der Waals surface area contributed by atoms with Gasteiger partial charge in [0, 0.05) is 11.6 Å². The van der Waals surface area contributed by atoms with Gasteiger partial charge in [-0.05, 0) is 82.8 Å². The van der Waals surface area contributed by atoms with Crippen LogP contribution in [-0.4, -0.2) is 6.04 Å². The third kappa shape index (κ3) is 4.87. The fourth-order valence-corrected chi connectivity index (χ4v) is 5.34. The standard InChI is InChI=1S/C37H29F2N/c1-25(2)40(35-15-9-8-14-34(35)38)36-24-32(23-33(37(36)39)29-11-4-3-5-12-29)28-18-16-27(17-19-28)31-21-20-26-10-6-7-13-30(26)22-31/h3-25H,1-2H3. The molecule has 1 nitrogen and oxygen atoms in total. The molecule has 0 fully saturated rings. The molecular formula is C37H29F2N. The van der Waals surface area contributed by atoms with Crippen LogP contribution in [0.15, 0.2) is 133 Å². The molecule has 6 aromatic rings. The van der Waals surface area contributed by atoms with E-state index in [1.54, 1.807) is 23.1 Å². The van der Waals surface area contributed by atoms with Crippen LogP contribution in [0.5, 0.6) is 0 Å². The second-order valence-corrected chi connectivity index (χ2v) is 10.3. The zero-order valence-corrected chi connectivity index (χ0v) is 22.5. The van der Waals surface area contributed by atoms with Crippen molar-refractivity contribution in [1.82, 2.24) is 0 Å². The summed E-state index contributed by atoms with van der Waals surface area (Å²) in [4.78, 5) is 1.74. The van der Waals surface area contributed by atoms with Crippen molar-refractivity contribution in [1.29, 1.82) is 0 Å². The Hall–Kier alpha value is -4.76. The molecule has 0 aliphatic carbocycles. The largest absolute Gasteiger partial charge is 0.334 e. The molecule has 0 radical (unpaired) electrons. The first-order chi connectivity index (χ1) is 19.5. The molecule has 196 valence electrons. The number of benzene rings is 6. The highest BCUT2D eigenvalue weighted by Gasteiger charge is 2.23. The molecule has 0 saturated carbocycles. The lowest BCUT2D eigenvalue weighted by Gasteiger charge is -2.31. The topological polar surface area (TPSA) is 3.24 Å². The van der Waals surface area contributed by atoms with E-state index in [2.05, 4.69) is 54.6 Å². The summed E-state index contributed by atoms with van der Waals surface area (Å²) in [6, 6.07) is 42.7. The highest BCUT2D eigenvalue weighted by molar-refractivity contribution is 5.88. The summed E-state index contributed by atoms with van der Waals surface area (Å²) in [6.45, 7) is 3.89. The van der Waals surface area contributed by atoms with Crippen molar-refractivity contribution < 1.29 is 8.78 Å². The van der Waals surface area contributed by atoms with Crippen LogP contribution in [0.2, 0.25) is 0 Å². The molecule has 0 saturated heterocycles. The van der Waals surface area contributed by atoms with Crippen molar-refractivity contribution in [2.24, 2.45) is 0 Å². The van der Waals surface area contributed by atoms with E-state index in [0.29, 0.717) is 16.9 Å². The van der Waals surface area contributed by atoms with Crippen LogP contribution >= 0.6 is 0 Å². The Balaban J connectivity index is 1.48. The van der Waals surface area contributed by atoms with Gasteiger partial charge in [0.1, 0.15) is 5.82 Å². The predicted octanol–water partition coefficient (Wildman–Crippen LogP) is 10.7. The summed E-state index contributed by atoms with van der Waals surface area (Å²) < 4.78 is 31.3. The molecule has 0 amide bonds. The maximum Gasteiger partial charge on any atom is 0.154 e. The van der Waals surface area contributed by atoms with Crippen molar-refractivity contribution >= 4 is 22.1 Å². The van der Waals surface area contributed by atoms with Gasteiger partial charge in [-0.2, -0.15) is 0 Å². The average Bonchev–Trinajstić information content (AvgIpc) is 2.99. The lowest BCUT2D eigenvalue weighted by atomic mass is 9.94. The first kappa shape index (κ1) is 25.5. The lowest BCUT2D eigenvalue weighted by Crippen LogP contribution is -2.27. The van der Waals surface area contributed by atoms with E-state index in [1.165, 1.54) is 16.8 Å². The number of halogens is 2.